The van der Waals surface area contributed by atoms with Crippen LogP contribution in [0.15, 0.2) is 48.7 Å². The van der Waals surface area contributed by atoms with Gasteiger partial charge in [0, 0.05) is 58.6 Å². The number of hydrogen-bond acceptors (Lipinski definition) is 6. The van der Waals surface area contributed by atoms with E-state index in [-0.39, 0.29) is 11.7 Å². The highest BCUT2D eigenvalue weighted by Gasteiger charge is 2.30. The van der Waals surface area contributed by atoms with Gasteiger partial charge in [-0.3, -0.25) is 9.69 Å². The molecule has 0 saturated carbocycles. The van der Waals surface area contributed by atoms with Crippen molar-refractivity contribution in [2.24, 2.45) is 0 Å². The third-order valence-corrected chi connectivity index (χ3v) is 8.02. The van der Waals surface area contributed by atoms with Crippen LogP contribution < -0.4 is 4.90 Å². The summed E-state index contributed by atoms with van der Waals surface area (Å²) in [6, 6.07) is 12.9. The maximum Gasteiger partial charge on any atom is 0.236 e. The molecule has 2 aliphatic rings. The van der Waals surface area contributed by atoms with E-state index >= 15 is 0 Å². The number of pyridine rings is 1. The van der Waals surface area contributed by atoms with Crippen LogP contribution in [0.5, 0.6) is 0 Å². The maximum absolute atomic E-state index is 12.8. The molecule has 10 heteroatoms. The first-order valence-corrected chi connectivity index (χ1v) is 12.8. The van der Waals surface area contributed by atoms with Crippen molar-refractivity contribution >= 4 is 33.3 Å². The number of hydrogen-bond donors (Lipinski definition) is 0. The van der Waals surface area contributed by atoms with Gasteiger partial charge in [-0.1, -0.05) is 41.9 Å². The number of anilines is 1. The van der Waals surface area contributed by atoms with Gasteiger partial charge in [0.2, 0.25) is 15.9 Å². The number of piperazine rings is 2. The fraction of sp³-hybridized carbons (Fsp3) is 0.455. The lowest BCUT2D eigenvalue weighted by Crippen LogP contribution is -2.54. The Hall–Kier alpha value is -2.20. The van der Waals surface area contributed by atoms with Crippen molar-refractivity contribution in [3.05, 3.63) is 59.2 Å². The second-order valence-corrected chi connectivity index (χ2v) is 10.5. The van der Waals surface area contributed by atoms with Crippen LogP contribution in [0, 0.1) is 0 Å². The zero-order chi connectivity index (χ0) is 22.6. The standard InChI is InChI=1S/C22H28ClN5O3S/c23-20-6-7-21(24-16-20)26-10-8-25(9-11-26)17-22(29)27-12-14-28(15-13-27)32(30,31)18-19-4-2-1-3-5-19/h1-7,16H,8-15,17-18H2. The molecule has 0 N–H and O–H groups in total. The largest absolute Gasteiger partial charge is 0.354 e. The summed E-state index contributed by atoms with van der Waals surface area (Å²) in [6.07, 6.45) is 1.65. The number of benzene rings is 1. The van der Waals surface area contributed by atoms with E-state index in [2.05, 4.69) is 14.8 Å². The third-order valence-electron chi connectivity index (χ3n) is 5.94. The van der Waals surface area contributed by atoms with Crippen molar-refractivity contribution in [2.75, 3.05) is 63.8 Å². The van der Waals surface area contributed by atoms with Crippen molar-refractivity contribution in [3.8, 4) is 0 Å². The number of carbonyl (C=O) groups is 1. The lowest BCUT2D eigenvalue weighted by atomic mass is 10.2. The molecular formula is C22H28ClN5O3S. The highest BCUT2D eigenvalue weighted by Crippen LogP contribution is 2.17. The molecule has 1 aromatic carbocycles. The van der Waals surface area contributed by atoms with Crippen LogP contribution in [0.3, 0.4) is 0 Å². The Morgan fingerprint density at radius 3 is 2.22 bits per heavy atom. The third kappa shape index (κ3) is 5.78. The minimum atomic E-state index is -3.38. The van der Waals surface area contributed by atoms with Gasteiger partial charge in [-0.25, -0.2) is 13.4 Å². The first-order chi connectivity index (χ1) is 15.4. The van der Waals surface area contributed by atoms with E-state index in [1.807, 2.05) is 42.5 Å². The van der Waals surface area contributed by atoms with Crippen LogP contribution in [0.25, 0.3) is 0 Å². The molecule has 1 aromatic heterocycles. The second-order valence-electron chi connectivity index (χ2n) is 8.12. The van der Waals surface area contributed by atoms with Crippen molar-refractivity contribution < 1.29 is 13.2 Å². The Balaban J connectivity index is 1.22. The lowest BCUT2D eigenvalue weighted by Gasteiger charge is -2.38. The molecule has 4 rings (SSSR count). The summed E-state index contributed by atoms with van der Waals surface area (Å²) in [5.74, 6) is 0.950. The monoisotopic (exact) mass is 477 g/mol. The number of sulfonamides is 1. The molecule has 2 aromatic rings. The molecule has 0 atom stereocenters. The molecule has 1 amide bonds. The molecule has 2 aliphatic heterocycles. The summed E-state index contributed by atoms with van der Waals surface area (Å²) in [7, 11) is -3.38. The van der Waals surface area contributed by atoms with E-state index in [0.29, 0.717) is 37.7 Å². The van der Waals surface area contributed by atoms with Gasteiger partial charge in [-0.05, 0) is 17.7 Å². The number of rotatable bonds is 6. The van der Waals surface area contributed by atoms with Crippen molar-refractivity contribution in [1.82, 2.24) is 19.1 Å². The molecule has 0 radical (unpaired) electrons. The molecule has 0 aliphatic carbocycles. The van der Waals surface area contributed by atoms with Crippen LogP contribution in [0.4, 0.5) is 5.82 Å². The molecule has 172 valence electrons. The smallest absolute Gasteiger partial charge is 0.236 e. The van der Waals surface area contributed by atoms with Gasteiger partial charge in [0.1, 0.15) is 5.82 Å². The predicted octanol–water partition coefficient (Wildman–Crippen LogP) is 1.53. The van der Waals surface area contributed by atoms with Crippen LogP contribution in [-0.4, -0.2) is 92.3 Å². The molecule has 0 unspecified atom stereocenters. The predicted molar refractivity (Wildman–Crippen MR) is 125 cm³/mol. The minimum absolute atomic E-state index is 0.00542. The summed E-state index contributed by atoms with van der Waals surface area (Å²) >= 11 is 5.91. The number of nitrogens with zero attached hydrogens (tertiary/aromatic N) is 5. The van der Waals surface area contributed by atoms with Crippen molar-refractivity contribution in [2.45, 2.75) is 5.75 Å². The zero-order valence-electron chi connectivity index (χ0n) is 17.9. The molecule has 2 fully saturated rings. The number of amides is 1. The SMILES string of the molecule is O=C(CN1CCN(c2ccc(Cl)cn2)CC1)N1CCN(S(=O)(=O)Cc2ccccc2)CC1. The molecule has 8 nitrogen and oxygen atoms in total. The molecule has 2 saturated heterocycles. The van der Waals surface area contributed by atoms with Crippen LogP contribution in [0.2, 0.25) is 5.02 Å². The normalized spacial score (nSPS) is 18.7. The summed E-state index contributed by atoms with van der Waals surface area (Å²) < 4.78 is 26.9. The first kappa shape index (κ1) is 23.0. The van der Waals surface area contributed by atoms with Crippen molar-refractivity contribution in [3.63, 3.8) is 0 Å². The van der Waals surface area contributed by atoms with E-state index in [0.717, 1.165) is 37.6 Å². The fourth-order valence-electron chi connectivity index (χ4n) is 4.07. The highest BCUT2D eigenvalue weighted by molar-refractivity contribution is 7.88. The molecule has 0 spiro atoms. The van der Waals surface area contributed by atoms with E-state index < -0.39 is 10.0 Å². The van der Waals surface area contributed by atoms with Gasteiger partial charge in [-0.15, -0.1) is 0 Å². The van der Waals surface area contributed by atoms with Gasteiger partial charge in [-0.2, -0.15) is 4.31 Å². The molecule has 3 heterocycles. The van der Waals surface area contributed by atoms with Crippen molar-refractivity contribution in [1.29, 1.82) is 0 Å². The van der Waals surface area contributed by atoms with Gasteiger partial charge in [0.05, 0.1) is 17.3 Å². The van der Waals surface area contributed by atoms with Crippen LogP contribution in [-0.2, 0) is 20.6 Å². The summed E-state index contributed by atoms with van der Waals surface area (Å²) in [5, 5.41) is 0.617. The van der Waals surface area contributed by atoms with E-state index in [1.54, 1.807) is 11.1 Å². The number of carbonyl (C=O) groups excluding carboxylic acids is 1. The lowest BCUT2D eigenvalue weighted by molar-refractivity contribution is -0.133. The van der Waals surface area contributed by atoms with Gasteiger partial charge in [0.25, 0.3) is 0 Å². The zero-order valence-corrected chi connectivity index (χ0v) is 19.5. The Kier molecular flexibility index (Phi) is 7.30. The average Bonchev–Trinajstić information content (AvgIpc) is 2.81. The molecule has 32 heavy (non-hydrogen) atoms. The Bertz CT molecular complexity index is 1000. The summed E-state index contributed by atoms with van der Waals surface area (Å²) in [4.78, 5) is 23.3. The van der Waals surface area contributed by atoms with E-state index in [1.165, 1.54) is 4.31 Å². The summed E-state index contributed by atoms with van der Waals surface area (Å²) in [6.45, 7) is 5.07. The van der Waals surface area contributed by atoms with Crippen LogP contribution in [0.1, 0.15) is 5.56 Å². The highest BCUT2D eigenvalue weighted by atomic mass is 35.5. The van der Waals surface area contributed by atoms with E-state index in [4.69, 9.17) is 11.6 Å². The quantitative estimate of drug-likeness (QED) is 0.628. The van der Waals surface area contributed by atoms with E-state index in [9.17, 15) is 13.2 Å². The van der Waals surface area contributed by atoms with Crippen LogP contribution >= 0.6 is 11.6 Å². The Morgan fingerprint density at radius 2 is 1.59 bits per heavy atom. The van der Waals surface area contributed by atoms with Gasteiger partial charge >= 0.3 is 0 Å². The maximum atomic E-state index is 12.8. The van der Waals surface area contributed by atoms with Gasteiger partial charge in [0.15, 0.2) is 0 Å². The average molecular weight is 478 g/mol. The topological polar surface area (TPSA) is 77.1 Å². The Morgan fingerprint density at radius 1 is 0.906 bits per heavy atom. The van der Waals surface area contributed by atoms with Gasteiger partial charge < -0.3 is 9.80 Å². The molecular weight excluding hydrogens is 450 g/mol. The Labute approximate surface area is 194 Å². The first-order valence-electron chi connectivity index (χ1n) is 10.8. The fourth-order valence-corrected chi connectivity index (χ4v) is 5.70. The summed E-state index contributed by atoms with van der Waals surface area (Å²) in [5.41, 5.74) is 0.777. The number of halogens is 1. The number of aromatic nitrogens is 1. The molecule has 0 bridgehead atoms. The second kappa shape index (κ2) is 10.2. The minimum Gasteiger partial charge on any atom is -0.354 e.